The lowest BCUT2D eigenvalue weighted by atomic mass is 10.0. The van der Waals surface area contributed by atoms with Crippen molar-refractivity contribution in [2.45, 2.75) is 47.2 Å². The Kier molecular flexibility index (Phi) is 3.76. The monoisotopic (exact) mass is 257 g/mol. The predicted molar refractivity (Wildman–Crippen MR) is 79.3 cm³/mol. The molecule has 0 amide bonds. The Balaban J connectivity index is 2.25. The molecule has 0 radical (unpaired) electrons. The maximum absolute atomic E-state index is 6.33. The van der Waals surface area contributed by atoms with Crippen molar-refractivity contribution in [3.63, 3.8) is 0 Å². The molecule has 0 saturated carbocycles. The number of benzene rings is 1. The quantitative estimate of drug-likeness (QED) is 0.918. The van der Waals surface area contributed by atoms with Gasteiger partial charge >= 0.3 is 0 Å². The van der Waals surface area contributed by atoms with E-state index >= 15 is 0 Å². The highest BCUT2D eigenvalue weighted by Gasteiger charge is 2.12. The Hall–Kier alpha value is -1.61. The van der Waals surface area contributed by atoms with Crippen molar-refractivity contribution in [2.24, 2.45) is 5.73 Å². The zero-order valence-electron chi connectivity index (χ0n) is 12.5. The van der Waals surface area contributed by atoms with Crippen LogP contribution in [0, 0.1) is 34.6 Å². The van der Waals surface area contributed by atoms with E-state index in [0.29, 0.717) is 0 Å². The van der Waals surface area contributed by atoms with Crippen molar-refractivity contribution in [3.05, 3.63) is 51.8 Å². The smallest absolute Gasteiger partial charge is 0.0625 e. The normalized spacial score (nSPS) is 12.7. The maximum atomic E-state index is 6.33. The van der Waals surface area contributed by atoms with Crippen LogP contribution >= 0.6 is 0 Å². The Labute approximate surface area is 115 Å². The highest BCUT2D eigenvalue weighted by Crippen LogP contribution is 2.19. The summed E-state index contributed by atoms with van der Waals surface area (Å²) in [5.74, 6) is 0. The summed E-state index contributed by atoms with van der Waals surface area (Å²) in [5, 5.41) is 4.56. The van der Waals surface area contributed by atoms with Crippen molar-refractivity contribution in [1.82, 2.24) is 9.78 Å². The van der Waals surface area contributed by atoms with E-state index in [2.05, 4.69) is 51.0 Å². The van der Waals surface area contributed by atoms with Crippen LogP contribution in [0.5, 0.6) is 0 Å². The first kappa shape index (κ1) is 13.8. The lowest BCUT2D eigenvalue weighted by Gasteiger charge is -2.15. The van der Waals surface area contributed by atoms with Gasteiger partial charge in [-0.1, -0.05) is 29.3 Å². The number of nitrogens with zero attached hydrogens (tertiary/aromatic N) is 2. The molecule has 1 aromatic carbocycles. The third-order valence-corrected chi connectivity index (χ3v) is 3.79. The van der Waals surface area contributed by atoms with Gasteiger partial charge in [0.1, 0.15) is 0 Å². The lowest BCUT2D eigenvalue weighted by molar-refractivity contribution is 0.514. The molecule has 0 aliphatic heterocycles. The predicted octanol–water partition coefficient (Wildman–Crippen LogP) is 3.13. The number of hydrogen-bond acceptors (Lipinski definition) is 2. The largest absolute Gasteiger partial charge is 0.322 e. The summed E-state index contributed by atoms with van der Waals surface area (Å²) in [6.45, 7) is 11.2. The van der Waals surface area contributed by atoms with Gasteiger partial charge in [-0.3, -0.25) is 4.68 Å². The molecular formula is C16H23N3. The van der Waals surface area contributed by atoms with Gasteiger partial charge in [0.2, 0.25) is 0 Å². The Morgan fingerprint density at radius 3 is 2.11 bits per heavy atom. The van der Waals surface area contributed by atoms with Crippen LogP contribution < -0.4 is 5.73 Å². The van der Waals surface area contributed by atoms with E-state index in [1.807, 2.05) is 11.6 Å². The van der Waals surface area contributed by atoms with Gasteiger partial charge in [-0.05, 0) is 45.7 Å². The molecule has 102 valence electrons. The lowest BCUT2D eigenvalue weighted by Crippen LogP contribution is -2.19. The van der Waals surface area contributed by atoms with E-state index in [-0.39, 0.29) is 6.04 Å². The van der Waals surface area contributed by atoms with Crippen molar-refractivity contribution in [2.75, 3.05) is 0 Å². The molecule has 1 atom stereocenters. The van der Waals surface area contributed by atoms with Crippen LogP contribution in [0.1, 0.15) is 39.7 Å². The van der Waals surface area contributed by atoms with Gasteiger partial charge in [0.15, 0.2) is 0 Å². The van der Waals surface area contributed by atoms with Gasteiger partial charge < -0.3 is 5.73 Å². The molecule has 1 aromatic heterocycles. The summed E-state index contributed by atoms with van der Waals surface area (Å²) in [5.41, 5.74) is 13.6. The zero-order valence-corrected chi connectivity index (χ0v) is 12.5. The second-order valence-corrected chi connectivity index (χ2v) is 5.51. The molecule has 2 rings (SSSR count). The van der Waals surface area contributed by atoms with Gasteiger partial charge in [0.05, 0.1) is 12.2 Å². The van der Waals surface area contributed by atoms with Crippen molar-refractivity contribution < 1.29 is 0 Å². The van der Waals surface area contributed by atoms with Crippen molar-refractivity contribution >= 4 is 0 Å². The molecule has 0 aliphatic carbocycles. The zero-order chi connectivity index (χ0) is 14.2. The molecule has 0 spiro atoms. The Morgan fingerprint density at radius 1 is 1.05 bits per heavy atom. The third-order valence-electron chi connectivity index (χ3n) is 3.79. The van der Waals surface area contributed by atoms with Gasteiger partial charge in [0, 0.05) is 11.7 Å². The maximum Gasteiger partial charge on any atom is 0.0625 e. The second kappa shape index (κ2) is 5.17. The summed E-state index contributed by atoms with van der Waals surface area (Å²) in [4.78, 5) is 0. The summed E-state index contributed by atoms with van der Waals surface area (Å²) < 4.78 is 2.02. The fourth-order valence-electron chi connectivity index (χ4n) is 2.48. The number of hydrogen-bond donors (Lipinski definition) is 1. The van der Waals surface area contributed by atoms with Gasteiger partial charge in [-0.25, -0.2) is 0 Å². The molecule has 0 aliphatic rings. The van der Waals surface area contributed by atoms with Crippen LogP contribution in [-0.2, 0) is 6.54 Å². The van der Waals surface area contributed by atoms with Crippen LogP contribution in [0.15, 0.2) is 18.2 Å². The fraction of sp³-hybridized carbons (Fsp3) is 0.438. The standard InChI is InChI=1S/C16H23N3/c1-10-6-11(2)8-15(7-10)16(17)9-19-14(5)12(3)13(4)18-19/h6-8,16H,9,17H2,1-5H3. The minimum atomic E-state index is -0.0176. The third kappa shape index (κ3) is 2.87. The van der Waals surface area contributed by atoms with E-state index in [0.717, 1.165) is 12.2 Å². The minimum absolute atomic E-state index is 0.0176. The van der Waals surface area contributed by atoms with Crippen LogP contribution in [0.3, 0.4) is 0 Å². The highest BCUT2D eigenvalue weighted by molar-refractivity contribution is 5.30. The molecule has 3 nitrogen and oxygen atoms in total. The molecule has 19 heavy (non-hydrogen) atoms. The number of nitrogens with two attached hydrogens (primary N) is 1. The molecule has 0 bridgehead atoms. The Morgan fingerprint density at radius 2 is 1.63 bits per heavy atom. The highest BCUT2D eigenvalue weighted by atomic mass is 15.3. The van der Waals surface area contributed by atoms with Gasteiger partial charge in [0.25, 0.3) is 0 Å². The molecular weight excluding hydrogens is 234 g/mol. The average molecular weight is 257 g/mol. The van der Waals surface area contributed by atoms with E-state index in [4.69, 9.17) is 5.73 Å². The average Bonchev–Trinajstić information content (AvgIpc) is 2.56. The van der Waals surface area contributed by atoms with Crippen LogP contribution in [0.4, 0.5) is 0 Å². The van der Waals surface area contributed by atoms with Gasteiger partial charge in [-0.2, -0.15) is 5.10 Å². The summed E-state index contributed by atoms with van der Waals surface area (Å²) in [6, 6.07) is 6.48. The van der Waals surface area contributed by atoms with Crippen molar-refractivity contribution in [3.8, 4) is 0 Å². The summed E-state index contributed by atoms with van der Waals surface area (Å²) >= 11 is 0. The summed E-state index contributed by atoms with van der Waals surface area (Å²) in [6.07, 6.45) is 0. The van der Waals surface area contributed by atoms with Crippen LogP contribution in [0.25, 0.3) is 0 Å². The molecule has 2 aromatic rings. The van der Waals surface area contributed by atoms with Crippen LogP contribution in [0.2, 0.25) is 0 Å². The first-order valence-corrected chi connectivity index (χ1v) is 6.73. The first-order valence-electron chi connectivity index (χ1n) is 6.73. The number of rotatable bonds is 3. The van der Waals surface area contributed by atoms with E-state index in [1.165, 1.54) is 27.9 Å². The Bertz CT molecular complexity index is 576. The summed E-state index contributed by atoms with van der Waals surface area (Å²) in [7, 11) is 0. The first-order chi connectivity index (χ1) is 8.88. The van der Waals surface area contributed by atoms with Crippen LogP contribution in [-0.4, -0.2) is 9.78 Å². The van der Waals surface area contributed by atoms with E-state index in [1.54, 1.807) is 0 Å². The molecule has 0 saturated heterocycles. The topological polar surface area (TPSA) is 43.8 Å². The molecule has 0 fully saturated rings. The fourth-order valence-corrected chi connectivity index (χ4v) is 2.48. The molecule has 2 N–H and O–H groups in total. The van der Waals surface area contributed by atoms with Crippen molar-refractivity contribution in [1.29, 1.82) is 0 Å². The van der Waals surface area contributed by atoms with Gasteiger partial charge in [-0.15, -0.1) is 0 Å². The minimum Gasteiger partial charge on any atom is -0.322 e. The SMILES string of the molecule is Cc1cc(C)cc(C(N)Cn2nc(C)c(C)c2C)c1. The molecule has 1 unspecified atom stereocenters. The van der Waals surface area contributed by atoms with E-state index in [9.17, 15) is 0 Å². The second-order valence-electron chi connectivity index (χ2n) is 5.51. The number of aromatic nitrogens is 2. The van der Waals surface area contributed by atoms with E-state index < -0.39 is 0 Å². The molecule has 3 heteroatoms. The molecule has 1 heterocycles. The number of aryl methyl sites for hydroxylation is 3.